The molecule has 2 amide bonds. The molecule has 0 aromatic heterocycles. The van der Waals surface area contributed by atoms with E-state index < -0.39 is 17.6 Å². The van der Waals surface area contributed by atoms with Gasteiger partial charge in [-0.1, -0.05) is 23.7 Å². The van der Waals surface area contributed by atoms with E-state index in [0.717, 1.165) is 4.90 Å². The summed E-state index contributed by atoms with van der Waals surface area (Å²) in [6.45, 7) is 1.90. The van der Waals surface area contributed by atoms with Crippen molar-refractivity contribution in [3.63, 3.8) is 0 Å². The topological polar surface area (TPSA) is 46.6 Å². The summed E-state index contributed by atoms with van der Waals surface area (Å²) in [5.74, 6) is -2.13. The average molecular weight is 320 g/mol. The van der Waals surface area contributed by atoms with Crippen molar-refractivity contribution in [1.29, 1.82) is 0 Å². The van der Waals surface area contributed by atoms with Crippen LogP contribution in [0.25, 0.3) is 0 Å². The van der Waals surface area contributed by atoms with Crippen LogP contribution in [0.15, 0.2) is 36.4 Å². The van der Waals surface area contributed by atoms with E-state index in [4.69, 9.17) is 16.3 Å². The van der Waals surface area contributed by atoms with Crippen molar-refractivity contribution in [2.75, 3.05) is 11.5 Å². The van der Waals surface area contributed by atoms with Gasteiger partial charge in [0, 0.05) is 0 Å². The van der Waals surface area contributed by atoms with Gasteiger partial charge in [0.15, 0.2) is 11.6 Å². The summed E-state index contributed by atoms with van der Waals surface area (Å²) in [7, 11) is 0. The number of nitrogens with zero attached hydrogens (tertiary/aromatic N) is 1. The molecule has 0 radical (unpaired) electrons. The lowest BCUT2D eigenvalue weighted by Crippen LogP contribution is -2.30. The number of carbonyl (C=O) groups is 2. The Kier molecular flexibility index (Phi) is 3.58. The lowest BCUT2D eigenvalue weighted by molar-refractivity contribution is 0.0924. The first kappa shape index (κ1) is 14.5. The van der Waals surface area contributed by atoms with Gasteiger partial charge in [0.2, 0.25) is 0 Å². The minimum absolute atomic E-state index is 0.0831. The maximum absolute atomic E-state index is 14.6. The molecule has 0 saturated heterocycles. The van der Waals surface area contributed by atoms with E-state index in [1.54, 1.807) is 19.1 Å². The zero-order valence-corrected chi connectivity index (χ0v) is 12.4. The fourth-order valence-corrected chi connectivity index (χ4v) is 2.58. The molecule has 0 saturated carbocycles. The highest BCUT2D eigenvalue weighted by molar-refractivity contribution is 6.35. The summed E-state index contributed by atoms with van der Waals surface area (Å²) < 4.78 is 19.7. The molecule has 6 heteroatoms. The van der Waals surface area contributed by atoms with Crippen molar-refractivity contribution >= 4 is 29.1 Å². The second kappa shape index (κ2) is 5.42. The molecule has 2 aromatic rings. The molecule has 0 unspecified atom stereocenters. The van der Waals surface area contributed by atoms with Crippen molar-refractivity contribution < 1.29 is 18.7 Å². The first-order valence-corrected chi connectivity index (χ1v) is 7.02. The number of ether oxygens (including phenoxy) is 1. The van der Waals surface area contributed by atoms with Crippen LogP contribution in [-0.4, -0.2) is 18.4 Å². The van der Waals surface area contributed by atoms with Crippen LogP contribution in [0.4, 0.5) is 10.1 Å². The second-order valence-electron chi connectivity index (χ2n) is 4.63. The van der Waals surface area contributed by atoms with Gasteiger partial charge in [0.25, 0.3) is 11.8 Å². The molecule has 1 aliphatic rings. The van der Waals surface area contributed by atoms with Crippen LogP contribution >= 0.6 is 11.6 Å². The molecule has 0 spiro atoms. The van der Waals surface area contributed by atoms with Crippen LogP contribution in [0, 0.1) is 5.82 Å². The molecule has 22 heavy (non-hydrogen) atoms. The Morgan fingerprint density at radius 3 is 2.23 bits per heavy atom. The Labute approximate surface area is 131 Å². The number of benzene rings is 2. The highest BCUT2D eigenvalue weighted by Crippen LogP contribution is 2.37. The monoisotopic (exact) mass is 319 g/mol. The Morgan fingerprint density at radius 1 is 1.09 bits per heavy atom. The number of hydrogen-bond donors (Lipinski definition) is 0. The number of imide groups is 1. The van der Waals surface area contributed by atoms with E-state index in [-0.39, 0.29) is 34.2 Å². The second-order valence-corrected chi connectivity index (χ2v) is 5.04. The van der Waals surface area contributed by atoms with Crippen LogP contribution in [0.3, 0.4) is 0 Å². The molecule has 3 rings (SSSR count). The van der Waals surface area contributed by atoms with Gasteiger partial charge in [-0.25, -0.2) is 9.29 Å². The molecule has 0 fully saturated rings. The zero-order chi connectivity index (χ0) is 15.9. The van der Waals surface area contributed by atoms with Gasteiger partial charge in [0.05, 0.1) is 28.4 Å². The van der Waals surface area contributed by atoms with Crippen molar-refractivity contribution in [2.24, 2.45) is 0 Å². The fraction of sp³-hybridized carbons (Fsp3) is 0.125. The molecule has 2 aromatic carbocycles. The zero-order valence-electron chi connectivity index (χ0n) is 11.6. The van der Waals surface area contributed by atoms with Crippen molar-refractivity contribution in [3.8, 4) is 5.75 Å². The van der Waals surface area contributed by atoms with E-state index >= 15 is 0 Å². The summed E-state index contributed by atoms with van der Waals surface area (Å²) in [4.78, 5) is 25.6. The van der Waals surface area contributed by atoms with Gasteiger partial charge in [-0.15, -0.1) is 0 Å². The SMILES string of the molecule is CCOc1c(Cl)ccc(N2C(=O)c3ccccc3C2=O)c1F. The molecular formula is C16H11ClFNO3. The van der Waals surface area contributed by atoms with Gasteiger partial charge in [-0.05, 0) is 31.2 Å². The third kappa shape index (κ3) is 2.05. The van der Waals surface area contributed by atoms with Crippen LogP contribution in [0.1, 0.15) is 27.6 Å². The third-order valence-electron chi connectivity index (χ3n) is 3.35. The molecule has 0 atom stereocenters. The normalized spacial score (nSPS) is 13.5. The quantitative estimate of drug-likeness (QED) is 0.811. The maximum atomic E-state index is 14.6. The first-order chi connectivity index (χ1) is 10.6. The molecule has 0 aliphatic carbocycles. The molecule has 112 valence electrons. The van der Waals surface area contributed by atoms with E-state index in [1.807, 2.05) is 0 Å². The van der Waals surface area contributed by atoms with E-state index in [9.17, 15) is 14.0 Å². The van der Waals surface area contributed by atoms with E-state index in [1.165, 1.54) is 24.3 Å². The lowest BCUT2D eigenvalue weighted by atomic mass is 10.1. The number of halogens is 2. The van der Waals surface area contributed by atoms with Crippen molar-refractivity contribution in [3.05, 3.63) is 58.4 Å². The Morgan fingerprint density at radius 2 is 1.68 bits per heavy atom. The van der Waals surface area contributed by atoms with Gasteiger partial charge in [-0.3, -0.25) is 9.59 Å². The smallest absolute Gasteiger partial charge is 0.266 e. The summed E-state index contributed by atoms with van der Waals surface area (Å²) in [5.41, 5.74) is 0.332. The summed E-state index contributed by atoms with van der Waals surface area (Å²) >= 11 is 5.90. The summed E-state index contributed by atoms with van der Waals surface area (Å²) in [5, 5.41) is 0.0831. The average Bonchev–Trinajstić information content (AvgIpc) is 2.77. The number of amides is 2. The van der Waals surface area contributed by atoms with Crippen LogP contribution in [-0.2, 0) is 0 Å². The van der Waals surface area contributed by atoms with Gasteiger partial charge >= 0.3 is 0 Å². The number of carbonyl (C=O) groups excluding carboxylic acids is 2. The predicted octanol–water partition coefficient (Wildman–Crippen LogP) is 3.68. The summed E-state index contributed by atoms with van der Waals surface area (Å²) in [6.07, 6.45) is 0. The van der Waals surface area contributed by atoms with Crippen molar-refractivity contribution in [2.45, 2.75) is 6.92 Å². The number of fused-ring (bicyclic) bond motifs is 1. The minimum atomic E-state index is -0.830. The van der Waals surface area contributed by atoms with Crippen LogP contribution in [0.5, 0.6) is 5.75 Å². The number of hydrogen-bond acceptors (Lipinski definition) is 3. The largest absolute Gasteiger partial charge is 0.489 e. The minimum Gasteiger partial charge on any atom is -0.489 e. The molecule has 0 bridgehead atoms. The predicted molar refractivity (Wildman–Crippen MR) is 80.2 cm³/mol. The van der Waals surface area contributed by atoms with Gasteiger partial charge in [-0.2, -0.15) is 0 Å². The number of rotatable bonds is 3. The van der Waals surface area contributed by atoms with Crippen LogP contribution in [0.2, 0.25) is 5.02 Å². The first-order valence-electron chi connectivity index (χ1n) is 6.64. The lowest BCUT2D eigenvalue weighted by Gasteiger charge is -2.17. The summed E-state index contributed by atoms with van der Waals surface area (Å²) in [6, 6.07) is 9.06. The van der Waals surface area contributed by atoms with E-state index in [0.29, 0.717) is 0 Å². The Bertz CT molecular complexity index is 756. The van der Waals surface area contributed by atoms with E-state index in [2.05, 4.69) is 0 Å². The molecule has 4 nitrogen and oxygen atoms in total. The van der Waals surface area contributed by atoms with Crippen LogP contribution < -0.4 is 9.64 Å². The van der Waals surface area contributed by atoms with Gasteiger partial charge in [0.1, 0.15) is 0 Å². The Hall–Kier alpha value is -2.40. The Balaban J connectivity index is 2.12. The van der Waals surface area contributed by atoms with Gasteiger partial charge < -0.3 is 4.74 Å². The molecule has 0 N–H and O–H groups in total. The molecule has 1 aliphatic heterocycles. The number of anilines is 1. The fourth-order valence-electron chi connectivity index (χ4n) is 2.38. The van der Waals surface area contributed by atoms with Crippen molar-refractivity contribution in [1.82, 2.24) is 0 Å². The maximum Gasteiger partial charge on any atom is 0.266 e. The third-order valence-corrected chi connectivity index (χ3v) is 3.65. The highest BCUT2D eigenvalue weighted by Gasteiger charge is 2.38. The standard InChI is InChI=1S/C16H11ClFNO3/c1-2-22-14-11(17)7-8-12(13(14)18)19-15(20)9-5-3-4-6-10(9)16(19)21/h3-8H,2H2,1H3. The molecule has 1 heterocycles. The highest BCUT2D eigenvalue weighted by atomic mass is 35.5. The molecular weight excluding hydrogens is 309 g/mol.